The first-order chi connectivity index (χ1) is 14.8. The Bertz CT molecular complexity index is 995. The maximum atomic E-state index is 12.5. The van der Waals surface area contributed by atoms with E-state index in [-0.39, 0.29) is 29.9 Å². The third-order valence-corrected chi connectivity index (χ3v) is 4.87. The van der Waals surface area contributed by atoms with Gasteiger partial charge in [0, 0.05) is 24.4 Å². The number of morpholine rings is 1. The Hall–Kier alpha value is -3.79. The van der Waals surface area contributed by atoms with Gasteiger partial charge < -0.3 is 20.3 Å². The van der Waals surface area contributed by atoms with Gasteiger partial charge in [0.15, 0.2) is 0 Å². The second kappa shape index (κ2) is 9.81. The number of nitro benzene ring substituents is 1. The average Bonchev–Trinajstić information content (AvgIpc) is 2.79. The maximum Gasteiger partial charge on any atom is 0.313 e. The van der Waals surface area contributed by atoms with Gasteiger partial charge in [-0.25, -0.2) is 0 Å². The van der Waals surface area contributed by atoms with Crippen molar-refractivity contribution in [1.29, 1.82) is 0 Å². The van der Waals surface area contributed by atoms with Crippen molar-refractivity contribution in [3.63, 3.8) is 0 Å². The van der Waals surface area contributed by atoms with Gasteiger partial charge in [-0.3, -0.25) is 24.5 Å². The first-order valence-corrected chi connectivity index (χ1v) is 9.63. The van der Waals surface area contributed by atoms with E-state index < -0.39 is 16.7 Å². The lowest BCUT2D eigenvalue weighted by Crippen LogP contribution is -2.48. The van der Waals surface area contributed by atoms with Gasteiger partial charge in [-0.05, 0) is 24.1 Å². The number of nitrogens with one attached hydrogen (secondary N) is 2. The number of anilines is 1. The summed E-state index contributed by atoms with van der Waals surface area (Å²) in [6.07, 6.45) is -0.247. The fourth-order valence-electron chi connectivity index (χ4n) is 3.17. The van der Waals surface area contributed by atoms with Crippen molar-refractivity contribution in [3.8, 4) is 0 Å². The van der Waals surface area contributed by atoms with Crippen LogP contribution >= 0.6 is 0 Å². The molecule has 1 aliphatic rings. The highest BCUT2D eigenvalue weighted by molar-refractivity contribution is 6.40. The number of non-ortho nitro benzene ring substituents is 1. The van der Waals surface area contributed by atoms with Gasteiger partial charge in [0.1, 0.15) is 6.10 Å². The first kappa shape index (κ1) is 21.9. The molecule has 1 saturated heterocycles. The fraction of sp³-hybridized carbons (Fsp3) is 0.286. The number of rotatable bonds is 5. The molecule has 1 fully saturated rings. The fourth-order valence-corrected chi connectivity index (χ4v) is 3.17. The number of nitro groups is 1. The zero-order valence-corrected chi connectivity index (χ0v) is 16.9. The molecule has 3 rings (SSSR count). The minimum absolute atomic E-state index is 0.120. The van der Waals surface area contributed by atoms with Gasteiger partial charge in [-0.2, -0.15) is 0 Å². The van der Waals surface area contributed by atoms with E-state index in [2.05, 4.69) is 10.6 Å². The predicted molar refractivity (Wildman–Crippen MR) is 111 cm³/mol. The molecule has 0 aliphatic carbocycles. The molecule has 10 nitrogen and oxygen atoms in total. The molecule has 162 valence electrons. The molecule has 2 N–H and O–H groups in total. The molecule has 10 heteroatoms. The Balaban J connectivity index is 1.51. The van der Waals surface area contributed by atoms with Crippen LogP contribution in [0.5, 0.6) is 0 Å². The van der Waals surface area contributed by atoms with Crippen LogP contribution in [-0.4, -0.2) is 53.8 Å². The topological polar surface area (TPSA) is 131 Å². The summed E-state index contributed by atoms with van der Waals surface area (Å²) < 4.78 is 5.72. The Kier molecular flexibility index (Phi) is 6.93. The normalized spacial score (nSPS) is 15.8. The summed E-state index contributed by atoms with van der Waals surface area (Å²) in [4.78, 5) is 48.5. The van der Waals surface area contributed by atoms with Crippen LogP contribution in [0.2, 0.25) is 0 Å². The van der Waals surface area contributed by atoms with Crippen LogP contribution in [0, 0.1) is 17.0 Å². The van der Waals surface area contributed by atoms with Gasteiger partial charge in [-0.15, -0.1) is 0 Å². The second-order valence-corrected chi connectivity index (χ2v) is 7.00. The lowest BCUT2D eigenvalue weighted by molar-refractivity contribution is -0.384. The number of carbonyl (C=O) groups excluding carboxylic acids is 3. The van der Waals surface area contributed by atoms with Crippen LogP contribution in [0.1, 0.15) is 17.2 Å². The summed E-state index contributed by atoms with van der Waals surface area (Å²) in [5.41, 5.74) is 1.55. The van der Waals surface area contributed by atoms with E-state index in [0.29, 0.717) is 25.3 Å². The van der Waals surface area contributed by atoms with Crippen LogP contribution < -0.4 is 10.6 Å². The number of amides is 3. The van der Waals surface area contributed by atoms with Crippen molar-refractivity contribution >= 4 is 29.1 Å². The molecular formula is C21H22N4O6. The Morgan fingerprint density at radius 2 is 1.90 bits per heavy atom. The van der Waals surface area contributed by atoms with Gasteiger partial charge >= 0.3 is 11.8 Å². The van der Waals surface area contributed by atoms with Crippen molar-refractivity contribution in [2.75, 3.05) is 31.6 Å². The Labute approximate surface area is 178 Å². The molecule has 0 radical (unpaired) electrons. The number of hydrogen-bond donors (Lipinski definition) is 2. The van der Waals surface area contributed by atoms with E-state index in [1.807, 2.05) is 30.3 Å². The summed E-state index contributed by atoms with van der Waals surface area (Å²) in [5, 5.41) is 15.5. The van der Waals surface area contributed by atoms with Crippen molar-refractivity contribution in [2.24, 2.45) is 0 Å². The quantitative estimate of drug-likeness (QED) is 0.424. The number of ether oxygens (including phenoxy) is 1. The summed E-state index contributed by atoms with van der Waals surface area (Å²) in [7, 11) is 0. The highest BCUT2D eigenvalue weighted by Gasteiger charge is 2.26. The molecule has 0 saturated carbocycles. The highest BCUT2D eigenvalue weighted by atomic mass is 16.6. The third kappa shape index (κ3) is 5.64. The van der Waals surface area contributed by atoms with Gasteiger partial charge in [0.2, 0.25) is 5.91 Å². The van der Waals surface area contributed by atoms with Crippen molar-refractivity contribution in [2.45, 2.75) is 13.0 Å². The van der Waals surface area contributed by atoms with Crippen LogP contribution in [0.25, 0.3) is 0 Å². The van der Waals surface area contributed by atoms with Crippen molar-refractivity contribution < 1.29 is 24.0 Å². The Morgan fingerprint density at radius 3 is 2.58 bits per heavy atom. The van der Waals surface area contributed by atoms with Crippen molar-refractivity contribution in [1.82, 2.24) is 10.2 Å². The molecule has 1 heterocycles. The van der Waals surface area contributed by atoms with Crippen LogP contribution in [0.4, 0.5) is 11.4 Å². The largest absolute Gasteiger partial charge is 0.370 e. The molecule has 0 bridgehead atoms. The zero-order valence-electron chi connectivity index (χ0n) is 16.9. The summed E-state index contributed by atoms with van der Waals surface area (Å²) >= 11 is 0. The molecule has 1 aliphatic heterocycles. The van der Waals surface area contributed by atoms with Crippen LogP contribution in [0.15, 0.2) is 48.5 Å². The highest BCUT2D eigenvalue weighted by Crippen LogP contribution is 2.22. The molecule has 2 aromatic rings. The summed E-state index contributed by atoms with van der Waals surface area (Å²) in [6, 6.07) is 13.4. The number of hydrogen-bond acceptors (Lipinski definition) is 6. The predicted octanol–water partition coefficient (Wildman–Crippen LogP) is 1.56. The Morgan fingerprint density at radius 1 is 1.16 bits per heavy atom. The zero-order chi connectivity index (χ0) is 22.4. The van der Waals surface area contributed by atoms with E-state index in [9.17, 15) is 24.5 Å². The van der Waals surface area contributed by atoms with Crippen LogP contribution in [-0.2, 0) is 19.1 Å². The molecule has 1 unspecified atom stereocenters. The lowest BCUT2D eigenvalue weighted by Gasteiger charge is -2.33. The number of carbonyl (C=O) groups is 3. The van der Waals surface area contributed by atoms with E-state index in [1.165, 1.54) is 18.2 Å². The molecule has 31 heavy (non-hydrogen) atoms. The van der Waals surface area contributed by atoms with E-state index in [1.54, 1.807) is 11.8 Å². The molecule has 0 aromatic heterocycles. The maximum absolute atomic E-state index is 12.5. The van der Waals surface area contributed by atoms with Crippen molar-refractivity contribution in [3.05, 3.63) is 69.8 Å². The van der Waals surface area contributed by atoms with E-state index in [4.69, 9.17) is 4.74 Å². The third-order valence-electron chi connectivity index (χ3n) is 4.87. The van der Waals surface area contributed by atoms with E-state index in [0.717, 1.165) is 5.56 Å². The number of nitrogens with zero attached hydrogens (tertiary/aromatic N) is 2. The standard InChI is InChI=1S/C21H22N4O6/c1-14-11-16(25(29)30)7-8-17(14)23-21(28)20(27)22-12-19(26)24-9-10-31-18(13-24)15-5-3-2-4-6-15/h2-8,11,18H,9-10,12-13H2,1H3,(H,22,27)(H,23,28). The monoisotopic (exact) mass is 426 g/mol. The molecular weight excluding hydrogens is 404 g/mol. The van der Waals surface area contributed by atoms with Crippen LogP contribution in [0.3, 0.4) is 0 Å². The first-order valence-electron chi connectivity index (χ1n) is 9.63. The van der Waals surface area contributed by atoms with Gasteiger partial charge in [0.05, 0.1) is 24.6 Å². The number of benzene rings is 2. The second-order valence-electron chi connectivity index (χ2n) is 7.00. The SMILES string of the molecule is Cc1cc([N+](=O)[O-])ccc1NC(=O)C(=O)NCC(=O)N1CCOC(c2ccccc2)C1. The molecule has 2 aromatic carbocycles. The molecule has 3 amide bonds. The molecule has 0 spiro atoms. The van der Waals surface area contributed by atoms with Gasteiger partial charge in [0.25, 0.3) is 5.69 Å². The minimum atomic E-state index is -0.973. The molecule has 1 atom stereocenters. The average molecular weight is 426 g/mol. The number of aryl methyl sites for hydroxylation is 1. The summed E-state index contributed by atoms with van der Waals surface area (Å²) in [6.45, 7) is 2.37. The van der Waals surface area contributed by atoms with Gasteiger partial charge in [-0.1, -0.05) is 30.3 Å². The van der Waals surface area contributed by atoms with E-state index >= 15 is 0 Å². The smallest absolute Gasteiger partial charge is 0.313 e. The minimum Gasteiger partial charge on any atom is -0.370 e. The lowest BCUT2D eigenvalue weighted by atomic mass is 10.1. The summed E-state index contributed by atoms with van der Waals surface area (Å²) in [5.74, 6) is -2.26.